The molecule has 2 amide bonds. The summed E-state index contributed by atoms with van der Waals surface area (Å²) in [4.78, 5) is 29.6. The lowest BCUT2D eigenvalue weighted by atomic mass is 10.1. The van der Waals surface area contributed by atoms with Crippen LogP contribution >= 0.6 is 0 Å². The average Bonchev–Trinajstić information content (AvgIpc) is 3.03. The van der Waals surface area contributed by atoms with Gasteiger partial charge in [0.2, 0.25) is 0 Å². The monoisotopic (exact) mass is 561 g/mol. The summed E-state index contributed by atoms with van der Waals surface area (Å²) in [5.74, 6) is 0.0604. The van der Waals surface area contributed by atoms with Gasteiger partial charge in [0.25, 0.3) is 11.8 Å². The highest BCUT2D eigenvalue weighted by atomic mass is 16.5. The Labute approximate surface area is 246 Å². The Kier molecular flexibility index (Phi) is 10.1. The van der Waals surface area contributed by atoms with E-state index in [1.54, 1.807) is 30.5 Å². The van der Waals surface area contributed by atoms with E-state index in [4.69, 9.17) is 4.74 Å². The lowest BCUT2D eigenvalue weighted by molar-refractivity contribution is -0.118. The molecule has 8 heteroatoms. The third kappa shape index (κ3) is 8.86. The van der Waals surface area contributed by atoms with Crippen LogP contribution in [0.5, 0.6) is 5.75 Å². The molecule has 0 saturated carbocycles. The first kappa shape index (κ1) is 28.7. The number of carbonyl (C=O) groups excluding carboxylic acids is 2. The Morgan fingerprint density at radius 2 is 1.29 bits per heavy atom. The average molecular weight is 562 g/mol. The topological polar surface area (TPSA) is 86.3 Å². The number of ether oxygens (including phenoxy) is 1. The number of para-hydroxylation sites is 1. The molecule has 214 valence electrons. The van der Waals surface area contributed by atoms with Crippen molar-refractivity contribution in [2.75, 3.05) is 38.1 Å². The number of carbonyl (C=O) groups is 2. The van der Waals surface area contributed by atoms with Gasteiger partial charge in [-0.1, -0.05) is 60.7 Å². The van der Waals surface area contributed by atoms with Crippen LogP contribution in [0.2, 0.25) is 0 Å². The number of hydrogen-bond donors (Lipinski definition) is 2. The first-order valence-corrected chi connectivity index (χ1v) is 14.1. The van der Waals surface area contributed by atoms with Gasteiger partial charge in [-0.05, 0) is 65.2 Å². The van der Waals surface area contributed by atoms with Crippen LogP contribution in [0.25, 0.3) is 0 Å². The van der Waals surface area contributed by atoms with Crippen LogP contribution in [0.1, 0.15) is 27.0 Å². The van der Waals surface area contributed by atoms with Crippen molar-refractivity contribution in [2.24, 2.45) is 5.10 Å². The van der Waals surface area contributed by atoms with E-state index in [0.717, 1.165) is 50.5 Å². The molecule has 42 heavy (non-hydrogen) atoms. The molecule has 1 aliphatic heterocycles. The summed E-state index contributed by atoms with van der Waals surface area (Å²) >= 11 is 0. The predicted molar refractivity (Wildman–Crippen MR) is 166 cm³/mol. The Bertz CT molecular complexity index is 1450. The number of nitrogens with one attached hydrogen (secondary N) is 2. The van der Waals surface area contributed by atoms with Gasteiger partial charge in [0.15, 0.2) is 6.61 Å². The van der Waals surface area contributed by atoms with Crippen LogP contribution in [-0.2, 0) is 17.9 Å². The Balaban J connectivity index is 1.01. The fourth-order valence-corrected chi connectivity index (χ4v) is 4.71. The molecule has 0 radical (unpaired) electrons. The minimum absolute atomic E-state index is 0.0947. The standard InChI is InChI=1S/C34H35N5O3/c40-33(36-31-9-5-2-6-10-31)26-42-32-17-13-27(14-18-32)23-35-37-34(41)30-15-11-29(12-16-30)25-39-21-19-38(20-22-39)24-28-7-3-1-4-8-28/h1-18,23H,19-22,24-26H2,(H,36,40)(H,37,41)/b35-23-. The molecule has 0 unspecified atom stereocenters. The van der Waals surface area contributed by atoms with Gasteiger partial charge in [-0.25, -0.2) is 5.43 Å². The van der Waals surface area contributed by atoms with E-state index in [0.29, 0.717) is 11.3 Å². The number of amides is 2. The van der Waals surface area contributed by atoms with E-state index in [9.17, 15) is 9.59 Å². The molecule has 8 nitrogen and oxygen atoms in total. The summed E-state index contributed by atoms with van der Waals surface area (Å²) in [5.41, 5.74) is 7.19. The zero-order valence-corrected chi connectivity index (χ0v) is 23.5. The van der Waals surface area contributed by atoms with Gasteiger partial charge in [-0.2, -0.15) is 5.10 Å². The molecule has 1 aliphatic rings. The minimum atomic E-state index is -0.267. The number of benzene rings is 4. The molecule has 1 saturated heterocycles. The molecule has 1 heterocycles. The Morgan fingerprint density at radius 1 is 0.714 bits per heavy atom. The molecule has 4 aromatic rings. The van der Waals surface area contributed by atoms with E-state index in [1.165, 1.54) is 11.1 Å². The number of nitrogens with zero attached hydrogens (tertiary/aromatic N) is 3. The van der Waals surface area contributed by atoms with E-state index < -0.39 is 0 Å². The van der Waals surface area contributed by atoms with Gasteiger partial charge in [-0.3, -0.25) is 19.4 Å². The first-order valence-electron chi connectivity index (χ1n) is 14.1. The fourth-order valence-electron chi connectivity index (χ4n) is 4.71. The van der Waals surface area contributed by atoms with E-state index >= 15 is 0 Å². The maximum Gasteiger partial charge on any atom is 0.271 e. The summed E-state index contributed by atoms with van der Waals surface area (Å²) < 4.78 is 5.55. The molecule has 5 rings (SSSR count). The summed E-state index contributed by atoms with van der Waals surface area (Å²) in [6.45, 7) is 5.93. The molecule has 0 aliphatic carbocycles. The number of rotatable bonds is 11. The minimum Gasteiger partial charge on any atom is -0.484 e. The van der Waals surface area contributed by atoms with Crippen LogP contribution in [-0.4, -0.2) is 60.6 Å². The van der Waals surface area contributed by atoms with Crippen molar-refractivity contribution in [3.8, 4) is 5.75 Å². The maximum absolute atomic E-state index is 12.6. The number of anilines is 1. The van der Waals surface area contributed by atoms with Gasteiger partial charge in [0, 0.05) is 50.5 Å². The number of hydrogen-bond acceptors (Lipinski definition) is 6. The molecular weight excluding hydrogens is 526 g/mol. The predicted octanol–water partition coefficient (Wildman–Crippen LogP) is 4.79. The van der Waals surface area contributed by atoms with Crippen molar-refractivity contribution >= 4 is 23.7 Å². The SMILES string of the molecule is O=C(COc1ccc(/C=N\NC(=O)c2ccc(CN3CCN(Cc4ccccc4)CC3)cc2)cc1)Nc1ccccc1. The fraction of sp³-hybridized carbons (Fsp3) is 0.206. The number of hydrazone groups is 1. The lowest BCUT2D eigenvalue weighted by Crippen LogP contribution is -2.45. The smallest absolute Gasteiger partial charge is 0.271 e. The lowest BCUT2D eigenvalue weighted by Gasteiger charge is -2.34. The second-order valence-corrected chi connectivity index (χ2v) is 10.2. The Hall–Kier alpha value is -4.79. The second-order valence-electron chi connectivity index (χ2n) is 10.2. The van der Waals surface area contributed by atoms with Crippen molar-refractivity contribution in [1.82, 2.24) is 15.2 Å². The second kappa shape index (κ2) is 14.7. The van der Waals surface area contributed by atoms with Gasteiger partial charge < -0.3 is 10.1 Å². The van der Waals surface area contributed by atoms with Crippen LogP contribution in [0.4, 0.5) is 5.69 Å². The largest absolute Gasteiger partial charge is 0.484 e. The van der Waals surface area contributed by atoms with Crippen molar-refractivity contribution < 1.29 is 14.3 Å². The summed E-state index contributed by atoms with van der Waals surface area (Å²) in [6.07, 6.45) is 1.57. The molecule has 4 aromatic carbocycles. The van der Waals surface area contributed by atoms with Crippen LogP contribution in [0.3, 0.4) is 0 Å². The van der Waals surface area contributed by atoms with Crippen molar-refractivity contribution in [3.05, 3.63) is 131 Å². The molecule has 0 spiro atoms. The van der Waals surface area contributed by atoms with Gasteiger partial charge in [-0.15, -0.1) is 0 Å². The zero-order chi connectivity index (χ0) is 29.0. The van der Waals surface area contributed by atoms with E-state index in [2.05, 4.69) is 56.0 Å². The maximum atomic E-state index is 12.6. The molecular formula is C34H35N5O3. The number of piperazine rings is 1. The van der Waals surface area contributed by atoms with Crippen LogP contribution in [0, 0.1) is 0 Å². The Morgan fingerprint density at radius 3 is 1.90 bits per heavy atom. The quantitative estimate of drug-likeness (QED) is 0.203. The highest BCUT2D eigenvalue weighted by molar-refractivity contribution is 5.95. The van der Waals surface area contributed by atoms with Crippen LogP contribution < -0.4 is 15.5 Å². The van der Waals surface area contributed by atoms with Gasteiger partial charge in [0.1, 0.15) is 5.75 Å². The molecule has 1 fully saturated rings. The van der Waals surface area contributed by atoms with Crippen molar-refractivity contribution in [1.29, 1.82) is 0 Å². The third-order valence-corrected chi connectivity index (χ3v) is 7.02. The van der Waals surface area contributed by atoms with Gasteiger partial charge >= 0.3 is 0 Å². The third-order valence-electron chi connectivity index (χ3n) is 7.02. The van der Waals surface area contributed by atoms with Crippen molar-refractivity contribution in [3.63, 3.8) is 0 Å². The van der Waals surface area contributed by atoms with E-state index in [1.807, 2.05) is 54.6 Å². The summed E-state index contributed by atoms with van der Waals surface area (Å²) in [7, 11) is 0. The molecule has 0 aromatic heterocycles. The summed E-state index contributed by atoms with van der Waals surface area (Å²) in [6, 6.07) is 34.6. The van der Waals surface area contributed by atoms with Gasteiger partial charge in [0.05, 0.1) is 6.21 Å². The zero-order valence-electron chi connectivity index (χ0n) is 23.5. The molecule has 0 atom stereocenters. The molecule has 2 N–H and O–H groups in total. The first-order chi connectivity index (χ1) is 20.6. The highest BCUT2D eigenvalue weighted by Crippen LogP contribution is 2.14. The van der Waals surface area contributed by atoms with E-state index in [-0.39, 0.29) is 18.4 Å². The molecule has 0 bridgehead atoms. The highest BCUT2D eigenvalue weighted by Gasteiger charge is 2.17. The van der Waals surface area contributed by atoms with Crippen LogP contribution in [0.15, 0.2) is 114 Å². The normalized spacial score (nSPS) is 14.0. The van der Waals surface area contributed by atoms with Crippen molar-refractivity contribution in [2.45, 2.75) is 13.1 Å². The summed E-state index contributed by atoms with van der Waals surface area (Å²) in [5, 5.41) is 6.86.